The van der Waals surface area contributed by atoms with Crippen LogP contribution in [-0.2, 0) is 20.7 Å². The number of hydrogen-bond donors (Lipinski definition) is 3. The number of hydrogen-bond acceptors (Lipinski definition) is 8. The average Bonchev–Trinajstić information content (AvgIpc) is 2.99. The molecule has 2 aromatic rings. The normalized spacial score (nSPS) is 17.6. The molecule has 1 aliphatic heterocycles. The number of ether oxygens (including phenoxy) is 3. The van der Waals surface area contributed by atoms with Crippen LogP contribution >= 0.6 is 0 Å². The predicted octanol–water partition coefficient (Wildman–Crippen LogP) is 1.58. The lowest BCUT2D eigenvalue weighted by Gasteiger charge is -2.26. The van der Waals surface area contributed by atoms with Gasteiger partial charge in [0.25, 0.3) is 6.29 Å². The Hall–Kier alpha value is -3.10. The summed E-state index contributed by atoms with van der Waals surface area (Å²) in [6, 6.07) is 11.6. The molecule has 3 rings (SSSR count). The fourth-order valence-corrected chi connectivity index (χ4v) is 2.90. The first-order valence-electron chi connectivity index (χ1n) is 8.22. The summed E-state index contributed by atoms with van der Waals surface area (Å²) in [4.78, 5) is 23.8. The van der Waals surface area contributed by atoms with Crippen molar-refractivity contribution < 1.29 is 28.9 Å². The van der Waals surface area contributed by atoms with E-state index in [0.29, 0.717) is 16.7 Å². The van der Waals surface area contributed by atoms with Gasteiger partial charge in [-0.1, -0.05) is 24.3 Å². The molecule has 0 amide bonds. The van der Waals surface area contributed by atoms with E-state index < -0.39 is 23.8 Å². The highest BCUT2D eigenvalue weighted by Crippen LogP contribution is 2.36. The molecule has 1 heterocycles. The molecule has 0 fully saturated rings. The first-order valence-corrected chi connectivity index (χ1v) is 8.22. The molecular weight excluding hydrogens is 352 g/mol. The maximum Gasteiger partial charge on any atom is 0.342 e. The summed E-state index contributed by atoms with van der Waals surface area (Å²) < 4.78 is 15.6. The molecule has 0 saturated heterocycles. The molecule has 0 saturated carbocycles. The highest BCUT2D eigenvalue weighted by Gasteiger charge is 2.34. The highest BCUT2D eigenvalue weighted by molar-refractivity contribution is 5.93. The molecule has 142 valence electrons. The number of hydrazine groups is 1. The first-order chi connectivity index (χ1) is 12.9. The Morgan fingerprint density at radius 3 is 2.74 bits per heavy atom. The summed E-state index contributed by atoms with van der Waals surface area (Å²) in [6.45, 7) is 1.59. The van der Waals surface area contributed by atoms with Gasteiger partial charge in [0.2, 0.25) is 0 Å². The number of phenolic OH excluding ortho intramolecular Hbond substituents is 1. The Morgan fingerprint density at radius 1 is 1.33 bits per heavy atom. The van der Waals surface area contributed by atoms with Gasteiger partial charge in [-0.2, -0.15) is 0 Å². The fourth-order valence-electron chi connectivity index (χ4n) is 2.90. The van der Waals surface area contributed by atoms with Crippen LogP contribution in [0.15, 0.2) is 42.5 Å². The largest absolute Gasteiger partial charge is 0.504 e. The van der Waals surface area contributed by atoms with E-state index in [4.69, 9.17) is 20.1 Å². The predicted molar refractivity (Wildman–Crippen MR) is 94.8 cm³/mol. The second-order valence-electron chi connectivity index (χ2n) is 6.39. The monoisotopic (exact) mass is 372 g/mol. The van der Waals surface area contributed by atoms with Crippen LogP contribution in [0.4, 0.5) is 0 Å². The molecule has 0 aromatic heterocycles. The molecule has 2 unspecified atom stereocenters. The number of phenols is 1. The maximum atomic E-state index is 11.9. The first kappa shape index (κ1) is 18.7. The van der Waals surface area contributed by atoms with Crippen molar-refractivity contribution in [3.8, 4) is 11.5 Å². The van der Waals surface area contributed by atoms with Gasteiger partial charge in [-0.05, 0) is 30.7 Å². The van der Waals surface area contributed by atoms with E-state index >= 15 is 0 Å². The van der Waals surface area contributed by atoms with Crippen LogP contribution in [0.25, 0.3) is 0 Å². The molecule has 0 spiro atoms. The number of benzene rings is 2. The molecule has 2 atom stereocenters. The number of methoxy groups -OCH3 is 1. The minimum atomic E-state index is -1.15. The van der Waals surface area contributed by atoms with Gasteiger partial charge in [0.05, 0.1) is 12.7 Å². The summed E-state index contributed by atoms with van der Waals surface area (Å²) in [5.74, 6) is 4.47. The van der Waals surface area contributed by atoms with Crippen molar-refractivity contribution in [2.45, 2.75) is 25.2 Å². The molecule has 0 aliphatic carbocycles. The van der Waals surface area contributed by atoms with Crippen LogP contribution < -0.4 is 16.0 Å². The molecule has 0 radical (unpaired) electrons. The molecular formula is C19H20N2O6. The second kappa shape index (κ2) is 7.26. The number of aromatic hydroxyl groups is 1. The highest BCUT2D eigenvalue weighted by atomic mass is 16.7. The van der Waals surface area contributed by atoms with Gasteiger partial charge in [0, 0.05) is 12.0 Å². The fraction of sp³-hybridized carbons (Fsp3) is 0.263. The van der Waals surface area contributed by atoms with Crippen LogP contribution in [0.1, 0.15) is 34.7 Å². The van der Waals surface area contributed by atoms with Crippen LogP contribution in [0.5, 0.6) is 11.5 Å². The molecule has 27 heavy (non-hydrogen) atoms. The lowest BCUT2D eigenvalue weighted by atomic mass is 9.93. The van der Waals surface area contributed by atoms with Crippen molar-refractivity contribution in [3.63, 3.8) is 0 Å². The third kappa shape index (κ3) is 3.57. The number of nitrogens with one attached hydrogen (secondary N) is 1. The molecule has 1 aliphatic rings. The standard InChI is InChI=1S/C19H20N2O6/c1-19(21-20,18(24)25-2)10-11-7-8-15(14(22)9-11)26-17-13-6-4-3-5-12(13)16(23)27-17/h3-9,17,21-22H,10,20H2,1-2H3. The van der Waals surface area contributed by atoms with E-state index in [1.807, 2.05) is 0 Å². The van der Waals surface area contributed by atoms with Gasteiger partial charge in [-0.25, -0.2) is 10.2 Å². The van der Waals surface area contributed by atoms with Gasteiger partial charge in [0.15, 0.2) is 11.5 Å². The minimum absolute atomic E-state index is 0.147. The van der Waals surface area contributed by atoms with Crippen LogP contribution in [0, 0.1) is 0 Å². The Morgan fingerprint density at radius 2 is 2.07 bits per heavy atom. The Balaban J connectivity index is 1.78. The summed E-state index contributed by atoms with van der Waals surface area (Å²) in [5.41, 5.74) is 2.95. The van der Waals surface area contributed by atoms with Gasteiger partial charge in [0.1, 0.15) is 5.54 Å². The number of rotatable bonds is 6. The topological polar surface area (TPSA) is 120 Å². The number of nitrogens with two attached hydrogens (primary N) is 1. The number of esters is 2. The maximum absolute atomic E-state index is 11.9. The molecule has 8 heteroatoms. The third-order valence-electron chi connectivity index (χ3n) is 4.42. The zero-order valence-corrected chi connectivity index (χ0v) is 14.9. The van der Waals surface area contributed by atoms with Crippen molar-refractivity contribution in [1.29, 1.82) is 0 Å². The summed E-state index contributed by atoms with van der Waals surface area (Å²) in [7, 11) is 1.27. The van der Waals surface area contributed by atoms with E-state index in [1.165, 1.54) is 19.2 Å². The van der Waals surface area contributed by atoms with E-state index in [0.717, 1.165) is 0 Å². The van der Waals surface area contributed by atoms with Gasteiger partial charge >= 0.3 is 11.9 Å². The second-order valence-corrected chi connectivity index (χ2v) is 6.39. The number of cyclic esters (lactones) is 1. The summed E-state index contributed by atoms with van der Waals surface area (Å²) in [5, 5.41) is 10.3. The zero-order valence-electron chi connectivity index (χ0n) is 14.9. The SMILES string of the molecule is COC(=O)C(C)(Cc1ccc(OC2OC(=O)c3ccccc32)c(O)c1)NN. The van der Waals surface area contributed by atoms with Gasteiger partial charge in [-0.3, -0.25) is 10.6 Å². The van der Waals surface area contributed by atoms with Crippen LogP contribution in [-0.4, -0.2) is 29.7 Å². The van der Waals surface area contributed by atoms with Crippen molar-refractivity contribution in [1.82, 2.24) is 5.43 Å². The molecule has 8 nitrogen and oxygen atoms in total. The summed E-state index contributed by atoms with van der Waals surface area (Å²) >= 11 is 0. The van der Waals surface area contributed by atoms with E-state index in [1.54, 1.807) is 37.3 Å². The Bertz CT molecular complexity index is 884. The van der Waals surface area contributed by atoms with Gasteiger partial charge in [-0.15, -0.1) is 0 Å². The minimum Gasteiger partial charge on any atom is -0.504 e. The Labute approximate surface area is 155 Å². The van der Waals surface area contributed by atoms with Gasteiger partial charge < -0.3 is 19.3 Å². The molecule has 2 aromatic carbocycles. The third-order valence-corrected chi connectivity index (χ3v) is 4.42. The van der Waals surface area contributed by atoms with E-state index in [2.05, 4.69) is 5.43 Å². The quantitative estimate of drug-likeness (QED) is 0.397. The zero-order chi connectivity index (χ0) is 19.6. The van der Waals surface area contributed by atoms with Crippen LogP contribution in [0.3, 0.4) is 0 Å². The lowest BCUT2D eigenvalue weighted by Crippen LogP contribution is -2.55. The number of carbonyl (C=O) groups is 2. The van der Waals surface area contributed by atoms with Crippen molar-refractivity contribution >= 4 is 11.9 Å². The number of carbonyl (C=O) groups excluding carboxylic acids is 2. The van der Waals surface area contributed by atoms with Crippen molar-refractivity contribution in [2.75, 3.05) is 7.11 Å². The Kier molecular flexibility index (Phi) is 5.02. The van der Waals surface area contributed by atoms with E-state index in [-0.39, 0.29) is 17.9 Å². The smallest absolute Gasteiger partial charge is 0.342 e. The van der Waals surface area contributed by atoms with E-state index in [9.17, 15) is 14.7 Å². The number of fused-ring (bicyclic) bond motifs is 1. The molecule has 4 N–H and O–H groups in total. The molecule has 0 bridgehead atoms. The van der Waals surface area contributed by atoms with Crippen molar-refractivity contribution in [3.05, 3.63) is 59.2 Å². The van der Waals surface area contributed by atoms with Crippen LogP contribution in [0.2, 0.25) is 0 Å². The average molecular weight is 372 g/mol. The summed E-state index contributed by atoms with van der Waals surface area (Å²) in [6.07, 6.45) is -0.748. The van der Waals surface area contributed by atoms with Crippen molar-refractivity contribution in [2.24, 2.45) is 5.84 Å². The lowest BCUT2D eigenvalue weighted by molar-refractivity contribution is -0.147.